The zero-order chi connectivity index (χ0) is 10.7. The van der Waals surface area contributed by atoms with Crippen LogP contribution in [0, 0.1) is 5.92 Å². The van der Waals surface area contributed by atoms with E-state index in [1.165, 1.54) is 19.3 Å². The van der Waals surface area contributed by atoms with Crippen molar-refractivity contribution in [3.8, 4) is 0 Å². The van der Waals surface area contributed by atoms with Gasteiger partial charge in [0.1, 0.15) is 5.78 Å². The van der Waals surface area contributed by atoms with E-state index in [9.17, 15) is 4.79 Å². The lowest BCUT2D eigenvalue weighted by atomic mass is 9.81. The molecule has 15 heavy (non-hydrogen) atoms. The molecule has 1 saturated carbocycles. The Labute approximate surface area is 91.8 Å². The van der Waals surface area contributed by atoms with Crippen molar-refractivity contribution in [2.75, 3.05) is 26.3 Å². The van der Waals surface area contributed by atoms with Gasteiger partial charge in [-0.15, -0.1) is 0 Å². The first-order chi connectivity index (χ1) is 7.29. The molecule has 0 amide bonds. The second-order valence-electron chi connectivity index (χ2n) is 4.72. The summed E-state index contributed by atoms with van der Waals surface area (Å²) in [5, 5.41) is 0. The Hall–Kier alpha value is -0.410. The molecule has 1 heterocycles. The molecule has 0 aromatic carbocycles. The SMILES string of the molecule is CC(=O)[C@@H]1CCCC[C@@H]1N1CCOCC1. The number of carbonyl (C=O) groups is 1. The highest BCUT2D eigenvalue weighted by atomic mass is 16.5. The molecule has 3 heteroatoms. The number of morpholine rings is 1. The summed E-state index contributed by atoms with van der Waals surface area (Å²) in [5.74, 6) is 0.669. The molecule has 0 spiro atoms. The van der Waals surface area contributed by atoms with Crippen molar-refractivity contribution in [1.29, 1.82) is 0 Å². The fourth-order valence-corrected chi connectivity index (χ4v) is 2.93. The fraction of sp³-hybridized carbons (Fsp3) is 0.917. The third-order valence-corrected chi connectivity index (χ3v) is 3.77. The summed E-state index contributed by atoms with van der Waals surface area (Å²) in [6.45, 7) is 5.44. The van der Waals surface area contributed by atoms with E-state index in [4.69, 9.17) is 4.74 Å². The molecule has 3 nitrogen and oxygen atoms in total. The topological polar surface area (TPSA) is 29.5 Å². The molecule has 1 aliphatic heterocycles. The maximum Gasteiger partial charge on any atom is 0.134 e. The van der Waals surface area contributed by atoms with E-state index >= 15 is 0 Å². The van der Waals surface area contributed by atoms with Gasteiger partial charge in [-0.25, -0.2) is 0 Å². The first-order valence-electron chi connectivity index (χ1n) is 6.11. The second-order valence-corrected chi connectivity index (χ2v) is 4.72. The summed E-state index contributed by atoms with van der Waals surface area (Å²) in [4.78, 5) is 14.1. The van der Waals surface area contributed by atoms with Gasteiger partial charge in [0.15, 0.2) is 0 Å². The molecular weight excluding hydrogens is 190 g/mol. The molecule has 0 bridgehead atoms. The van der Waals surface area contributed by atoms with E-state index < -0.39 is 0 Å². The predicted molar refractivity (Wildman–Crippen MR) is 58.8 cm³/mol. The van der Waals surface area contributed by atoms with E-state index in [-0.39, 0.29) is 5.92 Å². The zero-order valence-electron chi connectivity index (χ0n) is 9.58. The van der Waals surface area contributed by atoms with Crippen molar-refractivity contribution in [2.24, 2.45) is 5.92 Å². The molecular formula is C12H21NO2. The van der Waals surface area contributed by atoms with Crippen LogP contribution in [0.3, 0.4) is 0 Å². The third kappa shape index (κ3) is 2.58. The summed E-state index contributed by atoms with van der Waals surface area (Å²) < 4.78 is 5.36. The van der Waals surface area contributed by atoms with Crippen molar-refractivity contribution in [2.45, 2.75) is 38.6 Å². The lowest BCUT2D eigenvalue weighted by Gasteiger charge is -2.40. The van der Waals surface area contributed by atoms with Crippen LogP contribution in [0.15, 0.2) is 0 Å². The zero-order valence-corrected chi connectivity index (χ0v) is 9.58. The Bertz CT molecular complexity index is 224. The maximum atomic E-state index is 11.6. The highest BCUT2D eigenvalue weighted by molar-refractivity contribution is 5.79. The maximum absolute atomic E-state index is 11.6. The van der Waals surface area contributed by atoms with Gasteiger partial charge >= 0.3 is 0 Å². The first kappa shape index (κ1) is 11.1. The van der Waals surface area contributed by atoms with Crippen LogP contribution in [-0.2, 0) is 9.53 Å². The molecule has 0 unspecified atom stereocenters. The van der Waals surface area contributed by atoms with Gasteiger partial charge in [-0.05, 0) is 19.8 Å². The van der Waals surface area contributed by atoms with Gasteiger partial charge in [0.25, 0.3) is 0 Å². The lowest BCUT2D eigenvalue weighted by molar-refractivity contribution is -0.125. The normalized spacial score (nSPS) is 33.9. The van der Waals surface area contributed by atoms with Gasteiger partial charge in [0.2, 0.25) is 0 Å². The average Bonchev–Trinajstić information content (AvgIpc) is 2.30. The molecule has 0 aromatic rings. The monoisotopic (exact) mass is 211 g/mol. The second kappa shape index (κ2) is 5.08. The molecule has 2 fully saturated rings. The lowest BCUT2D eigenvalue weighted by Crippen LogP contribution is -2.49. The van der Waals surface area contributed by atoms with Crippen LogP contribution in [-0.4, -0.2) is 43.0 Å². The first-order valence-corrected chi connectivity index (χ1v) is 6.11. The van der Waals surface area contributed by atoms with E-state index in [0.29, 0.717) is 11.8 Å². The summed E-state index contributed by atoms with van der Waals surface area (Å²) in [6, 6.07) is 0.500. The average molecular weight is 211 g/mol. The van der Waals surface area contributed by atoms with Gasteiger partial charge in [-0.2, -0.15) is 0 Å². The quantitative estimate of drug-likeness (QED) is 0.692. The van der Waals surface area contributed by atoms with Crippen molar-refractivity contribution in [3.63, 3.8) is 0 Å². The molecule has 0 radical (unpaired) electrons. The van der Waals surface area contributed by atoms with Crippen molar-refractivity contribution in [3.05, 3.63) is 0 Å². The Balaban J connectivity index is 1.99. The summed E-state index contributed by atoms with van der Waals surface area (Å²) >= 11 is 0. The minimum absolute atomic E-state index is 0.289. The third-order valence-electron chi connectivity index (χ3n) is 3.77. The Morgan fingerprint density at radius 3 is 2.53 bits per heavy atom. The largest absolute Gasteiger partial charge is 0.379 e. The van der Waals surface area contributed by atoms with Crippen LogP contribution in [0.25, 0.3) is 0 Å². The van der Waals surface area contributed by atoms with Crippen LogP contribution in [0.4, 0.5) is 0 Å². The molecule has 2 aliphatic rings. The van der Waals surface area contributed by atoms with Gasteiger partial charge in [0, 0.05) is 25.0 Å². The number of hydrogen-bond donors (Lipinski definition) is 0. The van der Waals surface area contributed by atoms with Gasteiger partial charge in [-0.3, -0.25) is 9.69 Å². The molecule has 2 atom stereocenters. The highest BCUT2D eigenvalue weighted by Gasteiger charge is 2.33. The van der Waals surface area contributed by atoms with Gasteiger partial charge in [0.05, 0.1) is 13.2 Å². The van der Waals surface area contributed by atoms with Crippen LogP contribution >= 0.6 is 0 Å². The summed E-state index contributed by atoms with van der Waals surface area (Å²) in [5.41, 5.74) is 0. The van der Waals surface area contributed by atoms with E-state index in [1.54, 1.807) is 6.92 Å². The number of hydrogen-bond acceptors (Lipinski definition) is 3. The number of nitrogens with zero attached hydrogens (tertiary/aromatic N) is 1. The number of ether oxygens (including phenoxy) is 1. The molecule has 2 rings (SSSR count). The molecule has 86 valence electrons. The summed E-state index contributed by atoms with van der Waals surface area (Å²) in [7, 11) is 0. The van der Waals surface area contributed by atoms with E-state index in [0.717, 1.165) is 32.7 Å². The van der Waals surface area contributed by atoms with Crippen molar-refractivity contribution < 1.29 is 9.53 Å². The van der Waals surface area contributed by atoms with Gasteiger partial charge in [-0.1, -0.05) is 12.8 Å². The Kier molecular flexibility index (Phi) is 3.76. The van der Waals surface area contributed by atoms with Crippen LogP contribution in [0.2, 0.25) is 0 Å². The summed E-state index contributed by atoms with van der Waals surface area (Å²) in [6.07, 6.45) is 4.80. The number of carbonyl (C=O) groups excluding carboxylic acids is 1. The fourth-order valence-electron chi connectivity index (χ4n) is 2.93. The number of rotatable bonds is 2. The van der Waals surface area contributed by atoms with Crippen LogP contribution in [0.1, 0.15) is 32.6 Å². The van der Waals surface area contributed by atoms with Gasteiger partial charge < -0.3 is 4.74 Å². The van der Waals surface area contributed by atoms with Crippen molar-refractivity contribution >= 4 is 5.78 Å². The predicted octanol–water partition coefficient (Wildman–Crippen LogP) is 1.47. The number of ketones is 1. The minimum Gasteiger partial charge on any atom is -0.379 e. The Morgan fingerprint density at radius 1 is 1.20 bits per heavy atom. The standard InChI is InChI=1S/C12H21NO2/c1-10(14)11-4-2-3-5-12(11)13-6-8-15-9-7-13/h11-12H,2-9H2,1H3/t11-,12-/m0/s1. The van der Waals surface area contributed by atoms with Crippen molar-refractivity contribution in [1.82, 2.24) is 4.90 Å². The molecule has 1 saturated heterocycles. The number of Topliss-reactive ketones (excluding diaryl/α,β-unsaturated/α-hetero) is 1. The molecule has 0 aromatic heterocycles. The smallest absolute Gasteiger partial charge is 0.134 e. The molecule has 1 aliphatic carbocycles. The highest BCUT2D eigenvalue weighted by Crippen LogP contribution is 2.29. The van der Waals surface area contributed by atoms with Crippen LogP contribution in [0.5, 0.6) is 0 Å². The minimum atomic E-state index is 0.289. The van der Waals surface area contributed by atoms with E-state index in [2.05, 4.69) is 4.90 Å². The van der Waals surface area contributed by atoms with Crippen LogP contribution < -0.4 is 0 Å². The Morgan fingerprint density at radius 2 is 1.87 bits per heavy atom. The molecule has 0 N–H and O–H groups in total. The van der Waals surface area contributed by atoms with E-state index in [1.807, 2.05) is 0 Å².